The molecule has 0 aliphatic rings. The zero-order valence-electron chi connectivity index (χ0n) is 16.0. The second-order valence-electron chi connectivity index (χ2n) is 6.27. The van der Waals surface area contributed by atoms with Gasteiger partial charge in [0.05, 0.1) is 17.5 Å². The van der Waals surface area contributed by atoms with Crippen LogP contribution in [-0.4, -0.2) is 43.0 Å². The van der Waals surface area contributed by atoms with E-state index in [0.717, 1.165) is 11.3 Å². The van der Waals surface area contributed by atoms with Gasteiger partial charge in [-0.3, -0.25) is 18.7 Å². The minimum Gasteiger partial charge on any atom is -0.355 e. The summed E-state index contributed by atoms with van der Waals surface area (Å²) in [6.07, 6.45) is 5.03. The molecule has 0 radical (unpaired) electrons. The first-order valence-corrected chi connectivity index (χ1v) is 9.11. The molecule has 2 amide bonds. The van der Waals surface area contributed by atoms with Crippen molar-refractivity contribution in [3.05, 3.63) is 66.2 Å². The third-order valence-corrected chi connectivity index (χ3v) is 4.46. The third-order valence-electron chi connectivity index (χ3n) is 4.46. The number of hydrogen-bond donors (Lipinski definition) is 2. The van der Waals surface area contributed by atoms with E-state index in [1.54, 1.807) is 16.7 Å². The number of imidazole rings is 1. The van der Waals surface area contributed by atoms with Crippen LogP contribution in [0, 0.1) is 0 Å². The topological polar surface area (TPSA) is 106 Å². The molecule has 29 heavy (non-hydrogen) atoms. The zero-order valence-corrected chi connectivity index (χ0v) is 16.0. The van der Waals surface area contributed by atoms with Gasteiger partial charge in [-0.05, 0) is 13.0 Å². The lowest BCUT2D eigenvalue weighted by molar-refractivity contribution is 0.0946. The fourth-order valence-corrected chi connectivity index (χ4v) is 3.03. The minimum atomic E-state index is -0.463. The second-order valence-corrected chi connectivity index (χ2v) is 6.27. The Morgan fingerprint density at radius 2 is 1.86 bits per heavy atom. The minimum absolute atomic E-state index is 0.182. The van der Waals surface area contributed by atoms with Crippen molar-refractivity contribution < 1.29 is 9.59 Å². The molecule has 9 heteroatoms. The van der Waals surface area contributed by atoms with Crippen LogP contribution in [0.3, 0.4) is 0 Å². The molecule has 0 spiro atoms. The van der Waals surface area contributed by atoms with Crippen molar-refractivity contribution in [1.29, 1.82) is 0 Å². The van der Waals surface area contributed by atoms with E-state index in [1.807, 2.05) is 43.5 Å². The lowest BCUT2D eigenvalue weighted by atomic mass is 10.2. The maximum atomic E-state index is 12.8. The Hall–Kier alpha value is -4.01. The van der Waals surface area contributed by atoms with Crippen molar-refractivity contribution in [1.82, 2.24) is 29.5 Å². The molecule has 0 saturated heterocycles. The van der Waals surface area contributed by atoms with E-state index in [1.165, 1.54) is 17.9 Å². The summed E-state index contributed by atoms with van der Waals surface area (Å²) in [6.45, 7) is 2.30. The lowest BCUT2D eigenvalue weighted by Gasteiger charge is -2.08. The van der Waals surface area contributed by atoms with Crippen LogP contribution < -0.4 is 10.6 Å². The van der Waals surface area contributed by atoms with Gasteiger partial charge in [-0.15, -0.1) is 0 Å². The number of carbonyl (C=O) groups is 2. The summed E-state index contributed by atoms with van der Waals surface area (Å²) in [7, 11) is 1.51. The van der Waals surface area contributed by atoms with Crippen LogP contribution in [0.4, 0.5) is 5.82 Å². The van der Waals surface area contributed by atoms with E-state index in [4.69, 9.17) is 0 Å². The van der Waals surface area contributed by atoms with Crippen LogP contribution in [0.5, 0.6) is 0 Å². The van der Waals surface area contributed by atoms with Crippen molar-refractivity contribution in [2.24, 2.45) is 0 Å². The molecule has 4 aromatic rings. The number of benzene rings is 1. The molecule has 0 unspecified atom stereocenters. The molecule has 0 aliphatic carbocycles. The number of aromatic nitrogens is 5. The highest BCUT2D eigenvalue weighted by atomic mass is 16.2. The number of hydrogen-bond acceptors (Lipinski definition) is 5. The number of fused-ring (bicyclic) bond motifs is 1. The second kappa shape index (κ2) is 7.55. The van der Waals surface area contributed by atoms with E-state index >= 15 is 0 Å². The van der Waals surface area contributed by atoms with E-state index in [-0.39, 0.29) is 17.2 Å². The Balaban J connectivity index is 1.64. The first-order chi connectivity index (χ1) is 14.1. The molecule has 146 valence electrons. The monoisotopic (exact) mass is 389 g/mol. The Morgan fingerprint density at radius 1 is 1.07 bits per heavy atom. The Labute approximate surface area is 166 Å². The van der Waals surface area contributed by atoms with Gasteiger partial charge in [0.1, 0.15) is 11.5 Å². The summed E-state index contributed by atoms with van der Waals surface area (Å²) in [5.41, 5.74) is 2.15. The van der Waals surface area contributed by atoms with Gasteiger partial charge in [-0.1, -0.05) is 30.3 Å². The fraction of sp³-hybridized carbons (Fsp3) is 0.150. The van der Waals surface area contributed by atoms with Gasteiger partial charge in [0, 0.05) is 31.5 Å². The summed E-state index contributed by atoms with van der Waals surface area (Å²) in [5.74, 6) is -0.0507. The summed E-state index contributed by atoms with van der Waals surface area (Å²) in [4.78, 5) is 33.8. The maximum absolute atomic E-state index is 12.8. The molecule has 2 N–H and O–H groups in total. The van der Waals surface area contributed by atoms with Crippen molar-refractivity contribution in [3.63, 3.8) is 0 Å². The molecule has 1 aromatic carbocycles. The van der Waals surface area contributed by atoms with Gasteiger partial charge >= 0.3 is 0 Å². The average molecular weight is 389 g/mol. The van der Waals surface area contributed by atoms with E-state index in [2.05, 4.69) is 25.7 Å². The quantitative estimate of drug-likeness (QED) is 0.544. The SMILES string of the molecule is CCn1ncc(C(=O)NC)c1C(=O)Nc1ccn2cc(-c3ccccc3)nc2n1. The predicted octanol–water partition coefficient (Wildman–Crippen LogP) is 2.22. The Kier molecular flexibility index (Phi) is 4.78. The van der Waals surface area contributed by atoms with Crippen LogP contribution >= 0.6 is 0 Å². The number of anilines is 1. The molecule has 0 bridgehead atoms. The summed E-state index contributed by atoms with van der Waals surface area (Å²) < 4.78 is 3.26. The fourth-order valence-electron chi connectivity index (χ4n) is 3.03. The lowest BCUT2D eigenvalue weighted by Crippen LogP contribution is -2.25. The van der Waals surface area contributed by atoms with Crippen molar-refractivity contribution in [3.8, 4) is 11.3 Å². The molecule has 0 aliphatic heterocycles. The van der Waals surface area contributed by atoms with Crippen molar-refractivity contribution in [2.45, 2.75) is 13.5 Å². The van der Waals surface area contributed by atoms with E-state index in [0.29, 0.717) is 18.1 Å². The van der Waals surface area contributed by atoms with Crippen LogP contribution in [-0.2, 0) is 6.54 Å². The molecule has 0 fully saturated rings. The average Bonchev–Trinajstić information content (AvgIpc) is 3.37. The molecule has 9 nitrogen and oxygen atoms in total. The molecular weight excluding hydrogens is 370 g/mol. The van der Waals surface area contributed by atoms with Gasteiger partial charge in [-0.2, -0.15) is 10.1 Å². The molecule has 3 heterocycles. The molecule has 0 atom stereocenters. The molecule has 3 aromatic heterocycles. The van der Waals surface area contributed by atoms with Gasteiger partial charge < -0.3 is 10.6 Å². The number of amides is 2. The normalized spacial score (nSPS) is 10.8. The largest absolute Gasteiger partial charge is 0.355 e. The highest BCUT2D eigenvalue weighted by Gasteiger charge is 2.22. The van der Waals surface area contributed by atoms with E-state index in [9.17, 15) is 9.59 Å². The third kappa shape index (κ3) is 3.45. The Bertz CT molecular complexity index is 1190. The number of nitrogens with zero attached hydrogens (tertiary/aromatic N) is 5. The van der Waals surface area contributed by atoms with Crippen LogP contribution in [0.25, 0.3) is 17.0 Å². The van der Waals surface area contributed by atoms with Crippen LogP contribution in [0.2, 0.25) is 0 Å². The predicted molar refractivity (Wildman–Crippen MR) is 108 cm³/mol. The highest BCUT2D eigenvalue weighted by molar-refractivity contribution is 6.10. The highest BCUT2D eigenvalue weighted by Crippen LogP contribution is 2.19. The zero-order chi connectivity index (χ0) is 20.4. The standard InChI is InChI=1S/C20H19N7O2/c1-3-27-17(14(11-22-27)18(28)21-2)19(29)24-16-9-10-26-12-15(23-20(26)25-16)13-7-5-4-6-8-13/h4-12H,3H2,1-2H3,(H,21,28)(H,23,24,25,29). The van der Waals surface area contributed by atoms with Crippen LogP contribution in [0.15, 0.2) is 55.0 Å². The van der Waals surface area contributed by atoms with Gasteiger partial charge in [0.15, 0.2) is 0 Å². The molecule has 0 saturated carbocycles. The molecule has 4 rings (SSSR count). The number of nitrogens with one attached hydrogen (secondary N) is 2. The van der Waals surface area contributed by atoms with Crippen molar-refractivity contribution >= 4 is 23.4 Å². The molecular formula is C20H19N7O2. The number of rotatable bonds is 5. The van der Waals surface area contributed by atoms with Crippen molar-refractivity contribution in [2.75, 3.05) is 12.4 Å². The first-order valence-electron chi connectivity index (χ1n) is 9.11. The number of aryl methyl sites for hydroxylation is 1. The van der Waals surface area contributed by atoms with Gasteiger partial charge in [0.2, 0.25) is 5.78 Å². The maximum Gasteiger partial charge on any atom is 0.275 e. The number of carbonyl (C=O) groups excluding carboxylic acids is 2. The van der Waals surface area contributed by atoms with E-state index < -0.39 is 5.91 Å². The summed E-state index contributed by atoms with van der Waals surface area (Å²) in [6, 6.07) is 11.4. The van der Waals surface area contributed by atoms with Gasteiger partial charge in [-0.25, -0.2) is 4.98 Å². The van der Waals surface area contributed by atoms with Gasteiger partial charge in [0.25, 0.3) is 11.8 Å². The first kappa shape index (κ1) is 18.4. The summed E-state index contributed by atoms with van der Waals surface area (Å²) in [5, 5.41) is 9.37. The Morgan fingerprint density at radius 3 is 2.59 bits per heavy atom. The smallest absolute Gasteiger partial charge is 0.275 e. The van der Waals surface area contributed by atoms with Crippen LogP contribution in [0.1, 0.15) is 27.8 Å². The summed E-state index contributed by atoms with van der Waals surface area (Å²) >= 11 is 0.